The maximum absolute atomic E-state index is 11.9. The van der Waals surface area contributed by atoms with Gasteiger partial charge in [-0.05, 0) is 30.2 Å². The van der Waals surface area contributed by atoms with Gasteiger partial charge in [-0.25, -0.2) is 8.42 Å². The molecule has 2 rings (SSSR count). The molecule has 1 aromatic carbocycles. The van der Waals surface area contributed by atoms with E-state index in [-0.39, 0.29) is 23.8 Å². The number of ether oxygens (including phenoxy) is 1. The number of esters is 1. The second kappa shape index (κ2) is 5.41. The summed E-state index contributed by atoms with van der Waals surface area (Å²) >= 11 is 0. The number of rotatable bonds is 3. The second-order valence-corrected chi connectivity index (χ2v) is 6.85. The number of halogens is 1. The van der Waals surface area contributed by atoms with Crippen LogP contribution in [0.15, 0.2) is 23.1 Å². The highest BCUT2D eigenvalue weighted by atomic mass is 35.7. The van der Waals surface area contributed by atoms with Crippen LogP contribution in [0.5, 0.6) is 0 Å². The minimum absolute atomic E-state index is 0.0229. The summed E-state index contributed by atoms with van der Waals surface area (Å²) in [6.45, 7) is -0.199. The molecule has 0 fully saturated rings. The number of nitrogens with zero attached hydrogens (tertiary/aromatic N) is 1. The highest BCUT2D eigenvalue weighted by molar-refractivity contribution is 8.13. The average molecular weight is 318 g/mol. The predicted octanol–water partition coefficient (Wildman–Crippen LogP) is 1.07. The molecule has 0 aromatic heterocycles. The van der Waals surface area contributed by atoms with Crippen molar-refractivity contribution in [1.29, 1.82) is 0 Å². The van der Waals surface area contributed by atoms with E-state index in [1.54, 1.807) is 0 Å². The molecule has 0 atom stereocenters. The zero-order valence-corrected chi connectivity index (χ0v) is 12.2. The number of fused-ring (bicyclic) bond motifs is 1. The van der Waals surface area contributed by atoms with E-state index in [2.05, 4.69) is 4.74 Å². The van der Waals surface area contributed by atoms with Crippen LogP contribution in [0.2, 0.25) is 0 Å². The van der Waals surface area contributed by atoms with Crippen LogP contribution in [0.25, 0.3) is 0 Å². The van der Waals surface area contributed by atoms with Crippen molar-refractivity contribution in [2.75, 3.05) is 18.6 Å². The van der Waals surface area contributed by atoms with Crippen LogP contribution >= 0.6 is 10.7 Å². The van der Waals surface area contributed by atoms with Gasteiger partial charge in [-0.1, -0.05) is 0 Å². The maximum atomic E-state index is 11.9. The number of anilines is 1. The van der Waals surface area contributed by atoms with Crippen LogP contribution in [0.1, 0.15) is 12.0 Å². The summed E-state index contributed by atoms with van der Waals surface area (Å²) in [5, 5.41) is 0. The van der Waals surface area contributed by atoms with Crippen LogP contribution in [0, 0.1) is 0 Å². The van der Waals surface area contributed by atoms with Crippen molar-refractivity contribution in [3.63, 3.8) is 0 Å². The number of benzene rings is 1. The van der Waals surface area contributed by atoms with Crippen molar-refractivity contribution in [2.45, 2.75) is 17.7 Å². The van der Waals surface area contributed by atoms with E-state index in [0.717, 1.165) is 0 Å². The van der Waals surface area contributed by atoms with Gasteiger partial charge in [0, 0.05) is 22.8 Å². The number of hydrogen-bond donors (Lipinski definition) is 0. The Bertz CT molecular complexity index is 670. The Morgan fingerprint density at radius 3 is 2.70 bits per heavy atom. The number of amides is 1. The van der Waals surface area contributed by atoms with Crippen molar-refractivity contribution in [3.05, 3.63) is 23.8 Å². The Labute approximate surface area is 120 Å². The van der Waals surface area contributed by atoms with Crippen LogP contribution in [-0.4, -0.2) is 33.9 Å². The number of carbonyl (C=O) groups is 2. The zero-order chi connectivity index (χ0) is 14.9. The smallest absolute Gasteiger partial charge is 0.325 e. The summed E-state index contributed by atoms with van der Waals surface area (Å²) in [4.78, 5) is 24.5. The quantitative estimate of drug-likeness (QED) is 0.615. The molecule has 0 bridgehead atoms. The molecule has 0 N–H and O–H groups in total. The highest BCUT2D eigenvalue weighted by Gasteiger charge is 2.27. The molecular formula is C12H12ClNO5S. The first-order chi connectivity index (χ1) is 9.32. The molecule has 1 aromatic rings. The number of aryl methyl sites for hydroxylation is 1. The van der Waals surface area contributed by atoms with Crippen LogP contribution in [0.3, 0.4) is 0 Å². The normalized spacial score (nSPS) is 14.9. The summed E-state index contributed by atoms with van der Waals surface area (Å²) in [6.07, 6.45) is 0.613. The van der Waals surface area contributed by atoms with E-state index in [1.165, 1.54) is 30.2 Å². The van der Waals surface area contributed by atoms with Gasteiger partial charge in [0.2, 0.25) is 5.91 Å². The molecule has 6 nitrogen and oxygen atoms in total. The maximum Gasteiger partial charge on any atom is 0.325 e. The minimum Gasteiger partial charge on any atom is -0.468 e. The van der Waals surface area contributed by atoms with E-state index in [9.17, 15) is 18.0 Å². The van der Waals surface area contributed by atoms with Crippen molar-refractivity contribution in [1.82, 2.24) is 0 Å². The second-order valence-electron chi connectivity index (χ2n) is 4.28. The Kier molecular flexibility index (Phi) is 4.01. The number of methoxy groups -OCH3 is 1. The third kappa shape index (κ3) is 2.94. The molecule has 0 saturated carbocycles. The molecular weight excluding hydrogens is 306 g/mol. The Morgan fingerprint density at radius 2 is 2.10 bits per heavy atom. The summed E-state index contributed by atoms with van der Waals surface area (Å²) in [5.74, 6) is -0.746. The zero-order valence-electron chi connectivity index (χ0n) is 10.6. The molecule has 0 spiro atoms. The van der Waals surface area contributed by atoms with Gasteiger partial charge in [0.15, 0.2) is 0 Å². The molecule has 0 unspecified atom stereocenters. The summed E-state index contributed by atoms with van der Waals surface area (Å²) in [7, 11) is 2.71. The van der Waals surface area contributed by atoms with E-state index in [0.29, 0.717) is 17.7 Å². The van der Waals surface area contributed by atoms with Gasteiger partial charge in [0.25, 0.3) is 9.05 Å². The Morgan fingerprint density at radius 1 is 1.40 bits per heavy atom. The lowest BCUT2D eigenvalue weighted by Gasteiger charge is -2.28. The lowest BCUT2D eigenvalue weighted by atomic mass is 10.0. The van der Waals surface area contributed by atoms with Gasteiger partial charge in [-0.3, -0.25) is 9.59 Å². The van der Waals surface area contributed by atoms with Gasteiger partial charge in [-0.15, -0.1) is 0 Å². The SMILES string of the molecule is COC(=O)CN1C(=O)CCc2cc(S(=O)(=O)Cl)ccc21. The third-order valence-corrected chi connectivity index (χ3v) is 4.40. The van der Waals surface area contributed by atoms with Gasteiger partial charge >= 0.3 is 5.97 Å². The molecule has 0 aliphatic carbocycles. The van der Waals surface area contributed by atoms with E-state index in [4.69, 9.17) is 10.7 Å². The Balaban J connectivity index is 2.42. The standard InChI is InChI=1S/C12H12ClNO5S/c1-19-12(16)7-14-10-4-3-9(20(13,17)18)6-8(10)2-5-11(14)15/h3-4,6H,2,5,7H2,1H3. The molecule has 108 valence electrons. The van der Waals surface area contributed by atoms with Gasteiger partial charge in [0.1, 0.15) is 6.54 Å². The lowest BCUT2D eigenvalue weighted by molar-refractivity contribution is -0.140. The number of hydrogen-bond acceptors (Lipinski definition) is 5. The van der Waals surface area contributed by atoms with Crippen molar-refractivity contribution in [3.8, 4) is 0 Å². The van der Waals surface area contributed by atoms with Crippen molar-refractivity contribution in [2.24, 2.45) is 0 Å². The molecule has 1 aliphatic rings. The number of carbonyl (C=O) groups excluding carboxylic acids is 2. The predicted molar refractivity (Wildman–Crippen MR) is 72.2 cm³/mol. The van der Waals surface area contributed by atoms with Crippen LogP contribution in [-0.2, 0) is 29.8 Å². The largest absolute Gasteiger partial charge is 0.468 e. The summed E-state index contributed by atoms with van der Waals surface area (Å²) in [6, 6.07) is 4.21. The summed E-state index contributed by atoms with van der Waals surface area (Å²) in [5.41, 5.74) is 1.17. The average Bonchev–Trinajstić information content (AvgIpc) is 2.40. The molecule has 1 heterocycles. The fourth-order valence-electron chi connectivity index (χ4n) is 2.06. The lowest BCUT2D eigenvalue weighted by Crippen LogP contribution is -2.39. The van der Waals surface area contributed by atoms with Crippen LogP contribution in [0.4, 0.5) is 5.69 Å². The van der Waals surface area contributed by atoms with Crippen molar-refractivity contribution >= 4 is 37.3 Å². The van der Waals surface area contributed by atoms with Crippen molar-refractivity contribution < 1.29 is 22.7 Å². The van der Waals surface area contributed by atoms with E-state index in [1.807, 2.05) is 0 Å². The Hall–Kier alpha value is -1.60. The van der Waals surface area contributed by atoms with Crippen LogP contribution < -0.4 is 4.90 Å². The third-order valence-electron chi connectivity index (χ3n) is 3.05. The molecule has 20 heavy (non-hydrogen) atoms. The molecule has 0 radical (unpaired) electrons. The monoisotopic (exact) mass is 317 g/mol. The van der Waals surface area contributed by atoms with E-state index < -0.39 is 15.0 Å². The first-order valence-corrected chi connectivity index (χ1v) is 8.08. The molecule has 8 heteroatoms. The highest BCUT2D eigenvalue weighted by Crippen LogP contribution is 2.30. The first-order valence-electron chi connectivity index (χ1n) is 5.77. The van der Waals surface area contributed by atoms with Gasteiger partial charge in [-0.2, -0.15) is 0 Å². The van der Waals surface area contributed by atoms with Gasteiger partial charge < -0.3 is 9.64 Å². The fraction of sp³-hybridized carbons (Fsp3) is 0.333. The van der Waals surface area contributed by atoms with Gasteiger partial charge in [0.05, 0.1) is 12.0 Å². The molecule has 0 saturated heterocycles. The fourth-order valence-corrected chi connectivity index (χ4v) is 2.86. The minimum atomic E-state index is -3.82. The molecule has 1 aliphatic heterocycles. The molecule has 1 amide bonds. The van der Waals surface area contributed by atoms with E-state index >= 15 is 0 Å². The first kappa shape index (κ1) is 14.8. The summed E-state index contributed by atoms with van der Waals surface area (Å²) < 4.78 is 27.1. The topological polar surface area (TPSA) is 80.8 Å².